The summed E-state index contributed by atoms with van der Waals surface area (Å²) in [4.78, 5) is 17.2. The van der Waals surface area contributed by atoms with Crippen LogP contribution >= 0.6 is 9.24 Å². The number of halogens is 2. The average molecular weight is 515 g/mol. The van der Waals surface area contributed by atoms with Gasteiger partial charge in [-0.15, -0.1) is 9.24 Å². The van der Waals surface area contributed by atoms with Crippen LogP contribution < -0.4 is 16.4 Å². The smallest absolute Gasteiger partial charge is 0.268 e. The van der Waals surface area contributed by atoms with Crippen molar-refractivity contribution in [3.05, 3.63) is 96.2 Å². The van der Waals surface area contributed by atoms with E-state index in [0.717, 1.165) is 35.1 Å². The molecule has 0 saturated carbocycles. The molecule has 0 aliphatic carbocycles. The summed E-state index contributed by atoms with van der Waals surface area (Å²) in [5, 5.41) is 3.50. The number of hydrogen-bond donors (Lipinski definition) is 2. The lowest BCUT2D eigenvalue weighted by Crippen LogP contribution is -2.08. The van der Waals surface area contributed by atoms with Gasteiger partial charge in [-0.3, -0.25) is 9.79 Å². The normalized spacial score (nSPS) is 10.5. The number of nitrogens with zero attached hydrogens (tertiary/aromatic N) is 2. The van der Waals surface area contributed by atoms with Crippen molar-refractivity contribution in [3.8, 4) is 0 Å². The Hall–Kier alpha value is -3.28. The lowest BCUT2D eigenvalue weighted by atomic mass is 10.1. The molecule has 0 radical (unpaired) electrons. The van der Waals surface area contributed by atoms with E-state index in [1.165, 1.54) is 18.9 Å². The van der Waals surface area contributed by atoms with Gasteiger partial charge in [-0.05, 0) is 80.6 Å². The Labute approximate surface area is 216 Å². The topological polar surface area (TPSA) is 79.8 Å². The molecule has 5 nitrogen and oxygen atoms in total. The van der Waals surface area contributed by atoms with Gasteiger partial charge in [0.05, 0.1) is 0 Å². The van der Waals surface area contributed by atoms with Crippen molar-refractivity contribution in [1.82, 2.24) is 0 Å². The summed E-state index contributed by atoms with van der Waals surface area (Å²) in [5.41, 5.74) is 9.66. The minimum atomic E-state index is -0.841. The Morgan fingerprint density at radius 1 is 1.22 bits per heavy atom. The second kappa shape index (κ2) is 19.0. The monoisotopic (exact) mass is 514 g/mol. The van der Waals surface area contributed by atoms with E-state index in [1.54, 1.807) is 24.4 Å². The van der Waals surface area contributed by atoms with Crippen LogP contribution in [0.3, 0.4) is 0 Å². The van der Waals surface area contributed by atoms with Crippen LogP contribution in [0.15, 0.2) is 77.9 Å². The number of aliphatic imine (C=N–C) groups is 2. The number of carbonyl (C=O) groups is 1. The fourth-order valence-electron chi connectivity index (χ4n) is 2.56. The Balaban J connectivity index is 0.000000931. The molecule has 0 heterocycles. The highest BCUT2D eigenvalue weighted by Gasteiger charge is 2.08. The number of nitrogens with two attached hydrogens (primary N) is 1. The summed E-state index contributed by atoms with van der Waals surface area (Å²) in [7, 11) is 2.21. The molecule has 2 rings (SSSR count). The first-order chi connectivity index (χ1) is 17.1. The second-order valence-electron chi connectivity index (χ2n) is 7.50. The molecule has 0 bridgehead atoms. The molecule has 0 aliphatic rings. The first-order valence-corrected chi connectivity index (χ1v) is 12.0. The van der Waals surface area contributed by atoms with Crippen molar-refractivity contribution >= 4 is 38.6 Å². The van der Waals surface area contributed by atoms with Gasteiger partial charge < -0.3 is 11.1 Å². The lowest BCUT2D eigenvalue weighted by Gasteiger charge is -2.12. The number of hydrogen-bond acceptors (Lipinski definition) is 4. The summed E-state index contributed by atoms with van der Waals surface area (Å²) >= 11 is 0. The van der Waals surface area contributed by atoms with Crippen LogP contribution in [0.4, 0.5) is 14.5 Å². The standard InChI is InChI=1S/C20H21F2N2P.C4H5NO.C4H11N/c1-4-5-8-23-14(3)16-7-6-13(2)18(11-16)24-12-15-9-17(21)20(22)19(25)10-15;1-3-4(6)5-2;1-2-3-4-5/h4-11,24H,1,12,25H2,2-3H3;3H,1-2H2;2-5H2,1H3/b8-5-,23-14?;;. The van der Waals surface area contributed by atoms with Gasteiger partial charge in [0.25, 0.3) is 5.91 Å². The Morgan fingerprint density at radius 2 is 1.92 bits per heavy atom. The molecule has 36 heavy (non-hydrogen) atoms. The predicted octanol–water partition coefficient (Wildman–Crippen LogP) is 6.04. The molecular formula is C28H37F2N4OP. The largest absolute Gasteiger partial charge is 0.381 e. The summed E-state index contributed by atoms with van der Waals surface area (Å²) < 4.78 is 26.9. The first kappa shape index (κ1) is 32.7. The van der Waals surface area contributed by atoms with E-state index in [4.69, 9.17) is 5.73 Å². The average Bonchev–Trinajstić information content (AvgIpc) is 2.87. The van der Waals surface area contributed by atoms with Gasteiger partial charge in [0, 0.05) is 29.4 Å². The fourth-order valence-corrected chi connectivity index (χ4v) is 2.92. The molecular weight excluding hydrogens is 477 g/mol. The molecule has 0 aromatic heterocycles. The van der Waals surface area contributed by atoms with Gasteiger partial charge in [-0.2, -0.15) is 0 Å². The molecule has 0 fully saturated rings. The summed E-state index contributed by atoms with van der Waals surface area (Å²) in [5.74, 6) is -2.05. The Kier molecular flexibility index (Phi) is 17.2. The zero-order chi connectivity index (χ0) is 27.5. The third-order valence-electron chi connectivity index (χ3n) is 4.63. The van der Waals surface area contributed by atoms with Crippen LogP contribution in [-0.4, -0.2) is 24.9 Å². The van der Waals surface area contributed by atoms with Crippen LogP contribution in [0.25, 0.3) is 0 Å². The second-order valence-corrected chi connectivity index (χ2v) is 8.12. The zero-order valence-electron chi connectivity index (χ0n) is 21.4. The Morgan fingerprint density at radius 3 is 2.39 bits per heavy atom. The number of anilines is 1. The fraction of sp³-hybridized carbons (Fsp3) is 0.250. The third kappa shape index (κ3) is 13.0. The van der Waals surface area contributed by atoms with E-state index in [-0.39, 0.29) is 11.2 Å². The highest BCUT2D eigenvalue weighted by atomic mass is 31.0. The molecule has 2 aromatic rings. The van der Waals surface area contributed by atoms with Gasteiger partial charge in [-0.25, -0.2) is 13.8 Å². The lowest BCUT2D eigenvalue weighted by molar-refractivity contribution is -0.113. The quantitative estimate of drug-likeness (QED) is 0.185. The number of nitrogens with one attached hydrogen (secondary N) is 1. The van der Waals surface area contributed by atoms with Crippen LogP contribution in [0.1, 0.15) is 43.4 Å². The Bertz CT molecular complexity index is 1050. The van der Waals surface area contributed by atoms with E-state index in [2.05, 4.69) is 51.3 Å². The highest BCUT2D eigenvalue weighted by Crippen LogP contribution is 2.19. The molecule has 1 unspecified atom stereocenters. The molecule has 0 saturated heterocycles. The van der Waals surface area contributed by atoms with Crippen molar-refractivity contribution in [2.75, 3.05) is 11.9 Å². The SMILES string of the molecule is C=C/C=C\N=C(C)c1ccc(C)c(NCc2cc(F)c(F)c(P)c2)c1.C=CC(=O)N=C.CCCCN. The van der Waals surface area contributed by atoms with Crippen molar-refractivity contribution in [2.24, 2.45) is 15.7 Å². The van der Waals surface area contributed by atoms with E-state index in [1.807, 2.05) is 32.0 Å². The van der Waals surface area contributed by atoms with Crippen LogP contribution in [-0.2, 0) is 11.3 Å². The maximum Gasteiger partial charge on any atom is 0.268 e. The van der Waals surface area contributed by atoms with E-state index < -0.39 is 11.6 Å². The van der Waals surface area contributed by atoms with E-state index in [9.17, 15) is 13.6 Å². The number of amides is 1. The number of rotatable bonds is 9. The number of aryl methyl sites for hydroxylation is 1. The van der Waals surface area contributed by atoms with E-state index in [0.29, 0.717) is 12.1 Å². The van der Waals surface area contributed by atoms with Gasteiger partial charge in [0.15, 0.2) is 11.6 Å². The maximum absolute atomic E-state index is 13.5. The number of unbranched alkanes of at least 4 members (excludes halogenated alkanes) is 1. The molecule has 2 aromatic carbocycles. The predicted molar refractivity (Wildman–Crippen MR) is 154 cm³/mol. The highest BCUT2D eigenvalue weighted by molar-refractivity contribution is 7.27. The van der Waals surface area contributed by atoms with Gasteiger partial charge in [0.1, 0.15) is 0 Å². The maximum atomic E-state index is 13.5. The van der Waals surface area contributed by atoms with Crippen LogP contribution in [0, 0.1) is 18.6 Å². The summed E-state index contributed by atoms with van der Waals surface area (Å²) in [6, 6.07) is 8.82. The third-order valence-corrected chi connectivity index (χ3v) is 5.05. The van der Waals surface area contributed by atoms with Gasteiger partial charge >= 0.3 is 0 Å². The minimum Gasteiger partial charge on any atom is -0.381 e. The first-order valence-electron chi connectivity index (χ1n) is 11.4. The van der Waals surface area contributed by atoms with Crippen LogP contribution in [0.5, 0.6) is 0 Å². The summed E-state index contributed by atoms with van der Waals surface area (Å²) in [6.07, 6.45) is 8.61. The van der Waals surface area contributed by atoms with Crippen molar-refractivity contribution in [1.29, 1.82) is 0 Å². The molecule has 3 N–H and O–H groups in total. The molecule has 8 heteroatoms. The molecule has 0 aliphatic heterocycles. The molecule has 1 atom stereocenters. The number of benzene rings is 2. The van der Waals surface area contributed by atoms with Gasteiger partial charge in [-0.1, -0.05) is 44.7 Å². The summed E-state index contributed by atoms with van der Waals surface area (Å²) in [6.45, 7) is 17.0. The zero-order valence-corrected chi connectivity index (χ0v) is 22.5. The molecule has 194 valence electrons. The minimum absolute atomic E-state index is 0.222. The molecule has 0 spiro atoms. The van der Waals surface area contributed by atoms with Gasteiger partial charge in [0.2, 0.25) is 0 Å². The number of carbonyl (C=O) groups excluding carboxylic acids is 1. The molecule has 1 amide bonds. The van der Waals surface area contributed by atoms with Crippen molar-refractivity contribution < 1.29 is 13.6 Å². The van der Waals surface area contributed by atoms with Crippen molar-refractivity contribution in [2.45, 2.75) is 40.2 Å². The van der Waals surface area contributed by atoms with E-state index >= 15 is 0 Å². The number of allylic oxidation sites excluding steroid dienone is 2. The van der Waals surface area contributed by atoms with Crippen molar-refractivity contribution in [3.63, 3.8) is 0 Å². The van der Waals surface area contributed by atoms with Crippen LogP contribution in [0.2, 0.25) is 0 Å².